The molecule has 0 bridgehead atoms. The van der Waals surface area contributed by atoms with Gasteiger partial charge in [-0.05, 0) is 43.5 Å². The fourth-order valence-corrected chi connectivity index (χ4v) is 2.50. The van der Waals surface area contributed by atoms with Gasteiger partial charge in [0.1, 0.15) is 0 Å². The van der Waals surface area contributed by atoms with Crippen molar-refractivity contribution in [1.82, 2.24) is 5.32 Å². The van der Waals surface area contributed by atoms with E-state index >= 15 is 0 Å². The van der Waals surface area contributed by atoms with Crippen molar-refractivity contribution in [3.63, 3.8) is 0 Å². The van der Waals surface area contributed by atoms with Gasteiger partial charge in [0.25, 0.3) is 0 Å². The Bertz CT molecular complexity index is 390. The summed E-state index contributed by atoms with van der Waals surface area (Å²) in [6, 6.07) is 6.88. The summed E-state index contributed by atoms with van der Waals surface area (Å²) in [7, 11) is 2.14. The maximum absolute atomic E-state index is 6.35. The minimum Gasteiger partial charge on any atom is -0.372 e. The van der Waals surface area contributed by atoms with Crippen LogP contribution in [0.3, 0.4) is 0 Å². The first kappa shape index (κ1) is 16.3. The minimum atomic E-state index is 0.524. The van der Waals surface area contributed by atoms with Crippen LogP contribution >= 0.6 is 11.6 Å². The molecular formula is C16H27ClN2. The first-order chi connectivity index (χ1) is 8.95. The van der Waals surface area contributed by atoms with E-state index in [4.69, 9.17) is 11.6 Å². The Balaban J connectivity index is 2.76. The Labute approximate surface area is 123 Å². The highest BCUT2D eigenvalue weighted by molar-refractivity contribution is 6.31. The van der Waals surface area contributed by atoms with E-state index in [-0.39, 0.29) is 0 Å². The summed E-state index contributed by atoms with van der Waals surface area (Å²) in [4.78, 5) is 2.31. The van der Waals surface area contributed by atoms with E-state index in [1.54, 1.807) is 0 Å². The van der Waals surface area contributed by atoms with E-state index in [2.05, 4.69) is 63.2 Å². The Hall–Kier alpha value is -0.730. The molecule has 3 heteroatoms. The summed E-state index contributed by atoms with van der Waals surface area (Å²) in [5.41, 5.74) is 2.36. The van der Waals surface area contributed by atoms with Crippen LogP contribution in [0.1, 0.15) is 39.7 Å². The zero-order valence-corrected chi connectivity index (χ0v) is 13.6. The Morgan fingerprint density at radius 2 is 1.95 bits per heavy atom. The molecule has 0 amide bonds. The van der Waals surface area contributed by atoms with Crippen LogP contribution in [0.2, 0.25) is 5.02 Å². The molecule has 0 aliphatic carbocycles. The van der Waals surface area contributed by atoms with Crippen molar-refractivity contribution in [3.05, 3.63) is 28.8 Å². The largest absolute Gasteiger partial charge is 0.372 e. The zero-order valence-electron chi connectivity index (χ0n) is 12.8. The smallest absolute Gasteiger partial charge is 0.0471 e. The molecule has 0 saturated carbocycles. The summed E-state index contributed by atoms with van der Waals surface area (Å²) < 4.78 is 0. The molecule has 0 fully saturated rings. The lowest BCUT2D eigenvalue weighted by Gasteiger charge is -2.28. The molecular weight excluding hydrogens is 256 g/mol. The first-order valence-electron chi connectivity index (χ1n) is 7.17. The summed E-state index contributed by atoms with van der Waals surface area (Å²) in [5.74, 6) is 0.709. The van der Waals surface area contributed by atoms with E-state index in [1.165, 1.54) is 12.1 Å². The highest BCUT2D eigenvalue weighted by Crippen LogP contribution is 2.25. The van der Waals surface area contributed by atoms with E-state index in [1.807, 2.05) is 0 Å². The second-order valence-electron chi connectivity index (χ2n) is 5.65. The van der Waals surface area contributed by atoms with Gasteiger partial charge in [0, 0.05) is 30.3 Å². The molecule has 2 nitrogen and oxygen atoms in total. The average molecular weight is 283 g/mol. The lowest BCUT2D eigenvalue weighted by molar-refractivity contribution is 0.504. The number of hydrogen-bond donors (Lipinski definition) is 1. The molecule has 0 radical (unpaired) electrons. The molecule has 19 heavy (non-hydrogen) atoms. The van der Waals surface area contributed by atoms with Crippen LogP contribution in [-0.4, -0.2) is 19.6 Å². The molecule has 0 heterocycles. The lowest BCUT2D eigenvalue weighted by atomic mass is 10.0. The predicted octanol–water partition coefficient (Wildman–Crippen LogP) is 4.32. The number of benzene rings is 1. The Morgan fingerprint density at radius 1 is 1.26 bits per heavy atom. The van der Waals surface area contributed by atoms with Crippen LogP contribution in [0.25, 0.3) is 0 Å². The summed E-state index contributed by atoms with van der Waals surface area (Å²) in [6.07, 6.45) is 1.19. The van der Waals surface area contributed by atoms with Crippen LogP contribution in [0, 0.1) is 5.92 Å². The van der Waals surface area contributed by atoms with Crippen LogP contribution < -0.4 is 10.2 Å². The first-order valence-corrected chi connectivity index (χ1v) is 7.55. The molecule has 0 spiro atoms. The number of nitrogens with one attached hydrogen (secondary N) is 1. The minimum absolute atomic E-state index is 0.524. The van der Waals surface area contributed by atoms with Gasteiger partial charge in [-0.15, -0.1) is 0 Å². The van der Waals surface area contributed by atoms with Crippen molar-refractivity contribution in [2.24, 2.45) is 5.92 Å². The van der Waals surface area contributed by atoms with Gasteiger partial charge >= 0.3 is 0 Å². The predicted molar refractivity (Wildman–Crippen MR) is 86.2 cm³/mol. The van der Waals surface area contributed by atoms with E-state index in [9.17, 15) is 0 Å². The molecule has 108 valence electrons. The SMILES string of the molecule is CCNCc1ccc(N(C)C(C)CC(C)C)cc1Cl. The monoisotopic (exact) mass is 282 g/mol. The number of halogens is 1. The van der Waals surface area contributed by atoms with Crippen molar-refractivity contribution in [3.8, 4) is 0 Å². The van der Waals surface area contributed by atoms with Gasteiger partial charge in [-0.25, -0.2) is 0 Å². The van der Waals surface area contributed by atoms with Crippen LogP contribution in [-0.2, 0) is 6.54 Å². The number of anilines is 1. The van der Waals surface area contributed by atoms with Crippen LogP contribution in [0.5, 0.6) is 0 Å². The molecule has 1 rings (SSSR count). The molecule has 1 unspecified atom stereocenters. The van der Waals surface area contributed by atoms with Gasteiger partial charge in [0.05, 0.1) is 0 Å². The molecule has 0 aromatic heterocycles. The second kappa shape index (κ2) is 7.76. The Kier molecular flexibility index (Phi) is 6.67. The van der Waals surface area contributed by atoms with Gasteiger partial charge in [-0.3, -0.25) is 0 Å². The topological polar surface area (TPSA) is 15.3 Å². The zero-order chi connectivity index (χ0) is 14.4. The molecule has 1 N–H and O–H groups in total. The molecule has 1 atom stereocenters. The molecule has 0 aliphatic heterocycles. The lowest BCUT2D eigenvalue weighted by Crippen LogP contribution is -2.30. The van der Waals surface area contributed by atoms with E-state index in [0.717, 1.165) is 23.7 Å². The molecule has 1 aromatic carbocycles. The summed E-state index contributed by atoms with van der Waals surface area (Å²) >= 11 is 6.35. The third kappa shape index (κ3) is 5.04. The number of hydrogen-bond acceptors (Lipinski definition) is 2. The van der Waals surface area contributed by atoms with Gasteiger partial charge in [-0.2, -0.15) is 0 Å². The van der Waals surface area contributed by atoms with Crippen LogP contribution in [0.15, 0.2) is 18.2 Å². The fraction of sp³-hybridized carbons (Fsp3) is 0.625. The van der Waals surface area contributed by atoms with E-state index < -0.39 is 0 Å². The van der Waals surface area contributed by atoms with Gasteiger partial charge < -0.3 is 10.2 Å². The van der Waals surface area contributed by atoms with Gasteiger partial charge in [0.15, 0.2) is 0 Å². The van der Waals surface area contributed by atoms with Crippen molar-refractivity contribution in [2.45, 2.75) is 46.7 Å². The Morgan fingerprint density at radius 3 is 2.47 bits per heavy atom. The highest BCUT2D eigenvalue weighted by Gasteiger charge is 2.13. The standard InChI is InChI=1S/C16H27ClN2/c1-6-18-11-14-7-8-15(10-16(14)17)19(5)13(4)9-12(2)3/h7-8,10,12-13,18H,6,9,11H2,1-5H3. The quantitative estimate of drug-likeness (QED) is 0.801. The third-order valence-electron chi connectivity index (χ3n) is 3.48. The second-order valence-corrected chi connectivity index (χ2v) is 6.05. The normalized spacial score (nSPS) is 12.8. The van der Waals surface area contributed by atoms with Crippen molar-refractivity contribution in [2.75, 3.05) is 18.5 Å². The highest BCUT2D eigenvalue weighted by atomic mass is 35.5. The number of rotatable bonds is 7. The summed E-state index contributed by atoms with van der Waals surface area (Å²) in [5, 5.41) is 4.15. The molecule has 0 aliphatic rings. The third-order valence-corrected chi connectivity index (χ3v) is 3.83. The fourth-order valence-electron chi connectivity index (χ4n) is 2.25. The number of nitrogens with zero attached hydrogens (tertiary/aromatic N) is 1. The van der Waals surface area contributed by atoms with Crippen molar-refractivity contribution in [1.29, 1.82) is 0 Å². The van der Waals surface area contributed by atoms with E-state index in [0.29, 0.717) is 12.0 Å². The van der Waals surface area contributed by atoms with Gasteiger partial charge in [-0.1, -0.05) is 38.4 Å². The average Bonchev–Trinajstić information content (AvgIpc) is 2.35. The maximum atomic E-state index is 6.35. The van der Waals surface area contributed by atoms with Crippen LogP contribution in [0.4, 0.5) is 5.69 Å². The van der Waals surface area contributed by atoms with Crippen molar-refractivity contribution < 1.29 is 0 Å². The van der Waals surface area contributed by atoms with Crippen molar-refractivity contribution >= 4 is 17.3 Å². The molecule has 0 saturated heterocycles. The summed E-state index contributed by atoms with van der Waals surface area (Å²) in [6.45, 7) is 10.7. The van der Waals surface area contributed by atoms with Gasteiger partial charge in [0.2, 0.25) is 0 Å². The molecule has 1 aromatic rings. The maximum Gasteiger partial charge on any atom is 0.0471 e.